The Hall–Kier alpha value is -2.76. The van der Waals surface area contributed by atoms with Gasteiger partial charge in [0.15, 0.2) is 0 Å². The minimum Gasteiger partial charge on any atom is -0.490 e. The van der Waals surface area contributed by atoms with Gasteiger partial charge in [-0.1, -0.05) is 30.3 Å². The first-order valence-electron chi connectivity index (χ1n) is 8.72. The van der Waals surface area contributed by atoms with Gasteiger partial charge < -0.3 is 19.5 Å². The predicted octanol–water partition coefficient (Wildman–Crippen LogP) is 2.28. The highest BCUT2D eigenvalue weighted by Gasteiger charge is 2.45. The topological polar surface area (TPSA) is 73.9 Å². The van der Waals surface area contributed by atoms with Gasteiger partial charge in [-0.25, -0.2) is 4.79 Å². The van der Waals surface area contributed by atoms with Gasteiger partial charge in [-0.3, -0.25) is 4.79 Å². The fraction of sp³-hybridized carbons (Fsp3) is 0.400. The Morgan fingerprint density at radius 2 is 2.00 bits per heavy atom. The fourth-order valence-electron chi connectivity index (χ4n) is 3.62. The zero-order chi connectivity index (χ0) is 18.7. The predicted molar refractivity (Wildman–Crippen MR) is 95.0 cm³/mol. The lowest BCUT2D eigenvalue weighted by atomic mass is 9.72. The molecule has 1 heterocycles. The van der Waals surface area contributed by atoms with Crippen molar-refractivity contribution in [2.24, 2.45) is 5.92 Å². The maximum atomic E-state index is 12.8. The summed E-state index contributed by atoms with van der Waals surface area (Å²) in [4.78, 5) is 25.5. The van der Waals surface area contributed by atoms with Crippen molar-refractivity contribution in [2.45, 2.75) is 19.8 Å². The third-order valence-corrected chi connectivity index (χ3v) is 4.72. The summed E-state index contributed by atoms with van der Waals surface area (Å²) < 4.78 is 16.2. The molecule has 0 spiro atoms. The van der Waals surface area contributed by atoms with E-state index in [4.69, 9.17) is 14.2 Å². The van der Waals surface area contributed by atoms with Gasteiger partial charge in [0, 0.05) is 12.5 Å². The Morgan fingerprint density at radius 3 is 2.65 bits per heavy atom. The van der Waals surface area contributed by atoms with Crippen LogP contribution < -0.4 is 5.32 Å². The average Bonchev–Trinajstić information content (AvgIpc) is 2.68. The Morgan fingerprint density at radius 1 is 1.27 bits per heavy atom. The Bertz CT molecular complexity index is 766. The summed E-state index contributed by atoms with van der Waals surface area (Å²) in [6, 6.07) is 9.48. The van der Waals surface area contributed by atoms with Crippen molar-refractivity contribution in [3.8, 4) is 0 Å². The molecule has 2 aliphatic rings. The van der Waals surface area contributed by atoms with Gasteiger partial charge in [0.25, 0.3) is 0 Å². The standard InChI is InChI=1S/C20H23NO5/c1-4-25-20(23)16-15(13-8-6-5-7-9-13)14(19(22)24-3)12(2)18-17(16)21-10-11-26-18/h5-9,14-15,21H,4,10-11H2,1-3H3. The van der Waals surface area contributed by atoms with Gasteiger partial charge in [-0.15, -0.1) is 0 Å². The number of nitrogens with one attached hydrogen (secondary N) is 1. The molecule has 1 aliphatic carbocycles. The van der Waals surface area contributed by atoms with Crippen molar-refractivity contribution >= 4 is 11.9 Å². The van der Waals surface area contributed by atoms with Crippen LogP contribution in [0.2, 0.25) is 0 Å². The molecule has 6 heteroatoms. The number of morpholine rings is 1. The highest BCUT2D eigenvalue weighted by Crippen LogP contribution is 2.46. The Labute approximate surface area is 152 Å². The van der Waals surface area contributed by atoms with Crippen molar-refractivity contribution in [3.63, 3.8) is 0 Å². The first kappa shape index (κ1) is 18.0. The Balaban J connectivity index is 2.24. The van der Waals surface area contributed by atoms with E-state index in [9.17, 15) is 9.59 Å². The monoisotopic (exact) mass is 357 g/mol. The van der Waals surface area contributed by atoms with Gasteiger partial charge >= 0.3 is 11.9 Å². The van der Waals surface area contributed by atoms with Crippen LogP contribution in [-0.2, 0) is 23.8 Å². The van der Waals surface area contributed by atoms with Crippen LogP contribution in [0.15, 0.2) is 52.9 Å². The molecular weight excluding hydrogens is 334 g/mol. The molecule has 26 heavy (non-hydrogen) atoms. The average molecular weight is 357 g/mol. The van der Waals surface area contributed by atoms with Crippen molar-refractivity contribution in [1.82, 2.24) is 5.32 Å². The lowest BCUT2D eigenvalue weighted by Crippen LogP contribution is -2.40. The van der Waals surface area contributed by atoms with Crippen LogP contribution in [0, 0.1) is 5.92 Å². The molecule has 1 aliphatic heterocycles. The molecule has 0 radical (unpaired) electrons. The van der Waals surface area contributed by atoms with E-state index in [0.717, 1.165) is 11.1 Å². The van der Waals surface area contributed by atoms with E-state index in [2.05, 4.69) is 5.32 Å². The van der Waals surface area contributed by atoms with Gasteiger partial charge in [-0.2, -0.15) is 0 Å². The zero-order valence-corrected chi connectivity index (χ0v) is 15.2. The second-order valence-electron chi connectivity index (χ2n) is 6.19. The molecule has 0 amide bonds. The van der Waals surface area contributed by atoms with Crippen LogP contribution in [0.4, 0.5) is 0 Å². The molecule has 1 fully saturated rings. The number of rotatable bonds is 4. The molecule has 138 valence electrons. The molecule has 0 aromatic heterocycles. The largest absolute Gasteiger partial charge is 0.490 e. The number of fused-ring (bicyclic) bond motifs is 1. The van der Waals surface area contributed by atoms with E-state index >= 15 is 0 Å². The van der Waals surface area contributed by atoms with Crippen LogP contribution >= 0.6 is 0 Å². The zero-order valence-electron chi connectivity index (χ0n) is 15.2. The van der Waals surface area contributed by atoms with Crippen molar-refractivity contribution in [1.29, 1.82) is 0 Å². The number of benzene rings is 1. The lowest BCUT2D eigenvalue weighted by Gasteiger charge is -2.37. The molecule has 3 rings (SSSR count). The molecule has 1 N–H and O–H groups in total. The molecule has 1 aromatic rings. The minimum atomic E-state index is -0.652. The SMILES string of the molecule is CCOC(=O)C1=C2NCCOC2=C(C)C(C(=O)OC)C1c1ccccc1. The minimum absolute atomic E-state index is 0.249. The summed E-state index contributed by atoms with van der Waals surface area (Å²) in [6.45, 7) is 4.91. The number of ether oxygens (including phenoxy) is 3. The van der Waals surface area contributed by atoms with Crippen LogP contribution in [-0.4, -0.2) is 38.8 Å². The summed E-state index contributed by atoms with van der Waals surface area (Å²) >= 11 is 0. The van der Waals surface area contributed by atoms with Crippen molar-refractivity contribution < 1.29 is 23.8 Å². The molecule has 1 aromatic carbocycles. The number of methoxy groups -OCH3 is 1. The van der Waals surface area contributed by atoms with Gasteiger partial charge in [0.2, 0.25) is 0 Å². The smallest absolute Gasteiger partial charge is 0.336 e. The van der Waals surface area contributed by atoms with Gasteiger partial charge in [0.05, 0.1) is 30.9 Å². The number of carbonyl (C=O) groups excluding carboxylic acids is 2. The van der Waals surface area contributed by atoms with E-state index in [1.807, 2.05) is 37.3 Å². The van der Waals surface area contributed by atoms with E-state index in [1.54, 1.807) is 6.92 Å². The highest BCUT2D eigenvalue weighted by molar-refractivity contribution is 5.95. The van der Waals surface area contributed by atoms with Crippen LogP contribution in [0.3, 0.4) is 0 Å². The quantitative estimate of drug-likeness (QED) is 0.834. The van der Waals surface area contributed by atoms with Gasteiger partial charge in [-0.05, 0) is 25.0 Å². The fourth-order valence-corrected chi connectivity index (χ4v) is 3.62. The molecule has 2 atom stereocenters. The van der Waals surface area contributed by atoms with E-state index in [1.165, 1.54) is 7.11 Å². The van der Waals surface area contributed by atoms with E-state index in [0.29, 0.717) is 30.2 Å². The van der Waals surface area contributed by atoms with Crippen LogP contribution in [0.5, 0.6) is 0 Å². The molecule has 0 saturated carbocycles. The molecule has 1 saturated heterocycles. The molecule has 0 bridgehead atoms. The van der Waals surface area contributed by atoms with Crippen LogP contribution in [0.25, 0.3) is 0 Å². The normalized spacial score (nSPS) is 22.1. The second kappa shape index (κ2) is 7.64. The molecule has 2 unspecified atom stereocenters. The van der Waals surface area contributed by atoms with Gasteiger partial charge in [0.1, 0.15) is 12.4 Å². The maximum Gasteiger partial charge on any atom is 0.336 e. The van der Waals surface area contributed by atoms with Crippen molar-refractivity contribution in [3.05, 3.63) is 58.5 Å². The first-order chi connectivity index (χ1) is 12.6. The third-order valence-electron chi connectivity index (χ3n) is 4.72. The number of hydrogen-bond donors (Lipinski definition) is 1. The first-order valence-corrected chi connectivity index (χ1v) is 8.72. The van der Waals surface area contributed by atoms with E-state index < -0.39 is 23.8 Å². The highest BCUT2D eigenvalue weighted by atomic mass is 16.5. The number of hydrogen-bond acceptors (Lipinski definition) is 6. The molecule has 6 nitrogen and oxygen atoms in total. The summed E-state index contributed by atoms with van der Waals surface area (Å²) in [5.74, 6) is -1.47. The summed E-state index contributed by atoms with van der Waals surface area (Å²) in [7, 11) is 1.35. The molecular formula is C20H23NO5. The summed E-state index contributed by atoms with van der Waals surface area (Å²) in [5, 5.41) is 3.26. The summed E-state index contributed by atoms with van der Waals surface area (Å²) in [5.41, 5.74) is 2.63. The second-order valence-corrected chi connectivity index (χ2v) is 6.19. The van der Waals surface area contributed by atoms with Crippen LogP contribution in [0.1, 0.15) is 25.3 Å². The third kappa shape index (κ3) is 3.07. The maximum absolute atomic E-state index is 12.8. The number of esters is 2. The van der Waals surface area contributed by atoms with E-state index in [-0.39, 0.29) is 6.61 Å². The Kier molecular flexibility index (Phi) is 5.30. The summed E-state index contributed by atoms with van der Waals surface area (Å²) in [6.07, 6.45) is 0. The number of carbonyl (C=O) groups is 2. The van der Waals surface area contributed by atoms with Crippen molar-refractivity contribution in [2.75, 3.05) is 26.9 Å². The lowest BCUT2D eigenvalue weighted by molar-refractivity contribution is -0.145.